The van der Waals surface area contributed by atoms with Crippen LogP contribution in [0.15, 0.2) is 0 Å². The van der Waals surface area contributed by atoms with Crippen molar-refractivity contribution in [3.05, 3.63) is 12.3 Å². The quantitative estimate of drug-likeness (QED) is 0.390. The average Bonchev–Trinajstić information content (AvgIpc) is 0. The Labute approximate surface area is 56.9 Å². The van der Waals surface area contributed by atoms with Crippen molar-refractivity contribution in [2.24, 2.45) is 0 Å². The molecule has 0 aliphatic rings. The van der Waals surface area contributed by atoms with Crippen LogP contribution < -0.4 is 0 Å². The van der Waals surface area contributed by atoms with Crippen molar-refractivity contribution in [2.75, 3.05) is 0 Å². The molecular formula is MgN2Ti. The molecule has 0 saturated heterocycles. The van der Waals surface area contributed by atoms with Crippen molar-refractivity contribution >= 4 is 23.1 Å². The van der Waals surface area contributed by atoms with Crippen LogP contribution in [-0.4, -0.2) is 23.1 Å². The fourth-order valence-electron chi connectivity index (χ4n) is 0. The number of hydrogen-bond donors (Lipinski definition) is 0. The maximum Gasteiger partial charge on any atom is 4.00 e. The SMILES string of the molecule is [Mg+2].[N-3].[N-3].[Ti+4]. The molecule has 0 aliphatic heterocycles. The van der Waals surface area contributed by atoms with Crippen LogP contribution in [0.25, 0.3) is 12.3 Å². The van der Waals surface area contributed by atoms with Gasteiger partial charge in [-0.25, -0.2) is 0 Å². The Balaban J connectivity index is 0. The van der Waals surface area contributed by atoms with E-state index in [2.05, 4.69) is 0 Å². The Morgan fingerprint density at radius 2 is 0.750 bits per heavy atom. The predicted octanol–water partition coefficient (Wildman–Crippen LogP) is 0.194. The number of rotatable bonds is 0. The third-order valence-electron chi connectivity index (χ3n) is 0. The Morgan fingerprint density at radius 1 is 0.750 bits per heavy atom. The molecule has 0 atom stereocenters. The summed E-state index contributed by atoms with van der Waals surface area (Å²) in [7, 11) is 0. The minimum atomic E-state index is 0. The molecule has 0 saturated carbocycles. The molecule has 0 aromatic rings. The number of hydrogen-bond acceptors (Lipinski definition) is 0. The first kappa shape index (κ1) is 53.3. The maximum absolute atomic E-state index is 0. The van der Waals surface area contributed by atoms with Gasteiger partial charge in [-0.2, -0.15) is 0 Å². The van der Waals surface area contributed by atoms with Gasteiger partial charge in [0.25, 0.3) is 0 Å². The standard InChI is InChI=1S/Mg.2N.Ti/q+2;2*-3;+4. The van der Waals surface area contributed by atoms with Gasteiger partial charge in [0.15, 0.2) is 0 Å². The van der Waals surface area contributed by atoms with E-state index in [0.717, 1.165) is 0 Å². The van der Waals surface area contributed by atoms with Crippen molar-refractivity contribution in [2.45, 2.75) is 0 Å². The molecular weight excluding hydrogens is 100 g/mol. The molecule has 0 spiro atoms. The van der Waals surface area contributed by atoms with Crippen LogP contribution in [-0.2, 0) is 21.7 Å². The summed E-state index contributed by atoms with van der Waals surface area (Å²) in [5, 5.41) is 0. The van der Waals surface area contributed by atoms with E-state index in [1.807, 2.05) is 0 Å². The van der Waals surface area contributed by atoms with Crippen LogP contribution >= 0.6 is 0 Å². The molecule has 0 unspecified atom stereocenters. The van der Waals surface area contributed by atoms with Gasteiger partial charge in [-0.15, -0.1) is 0 Å². The first-order valence-corrected chi connectivity index (χ1v) is 0. The summed E-state index contributed by atoms with van der Waals surface area (Å²) in [4.78, 5) is 0. The third-order valence-corrected chi connectivity index (χ3v) is 0. The van der Waals surface area contributed by atoms with E-state index in [1.165, 1.54) is 0 Å². The second kappa shape index (κ2) is 25.9. The first-order chi connectivity index (χ1) is 0. The van der Waals surface area contributed by atoms with Crippen molar-refractivity contribution in [1.82, 2.24) is 0 Å². The van der Waals surface area contributed by atoms with Gasteiger partial charge in [-0.1, -0.05) is 0 Å². The summed E-state index contributed by atoms with van der Waals surface area (Å²) in [6, 6.07) is 0. The monoisotopic (exact) mass is 99.9 g/mol. The Kier molecular flexibility index (Phi) is 346. The van der Waals surface area contributed by atoms with Crippen LogP contribution in [0.3, 0.4) is 0 Å². The first-order valence-electron chi connectivity index (χ1n) is 0. The van der Waals surface area contributed by atoms with E-state index in [9.17, 15) is 0 Å². The van der Waals surface area contributed by atoms with E-state index < -0.39 is 0 Å². The molecule has 0 fully saturated rings. The summed E-state index contributed by atoms with van der Waals surface area (Å²) >= 11 is 0. The van der Waals surface area contributed by atoms with Crippen LogP contribution in [0, 0.1) is 0 Å². The van der Waals surface area contributed by atoms with Gasteiger partial charge in [0.05, 0.1) is 0 Å². The molecule has 4 heteroatoms. The summed E-state index contributed by atoms with van der Waals surface area (Å²) in [5.41, 5.74) is 0. The van der Waals surface area contributed by atoms with E-state index in [-0.39, 0.29) is 57.1 Å². The van der Waals surface area contributed by atoms with Crippen molar-refractivity contribution in [3.63, 3.8) is 0 Å². The summed E-state index contributed by atoms with van der Waals surface area (Å²) < 4.78 is 0. The van der Waals surface area contributed by atoms with E-state index in [0.29, 0.717) is 0 Å². The molecule has 16 valence electrons. The van der Waals surface area contributed by atoms with E-state index in [1.54, 1.807) is 0 Å². The largest absolute Gasteiger partial charge is 4.00 e. The molecule has 0 aliphatic carbocycles. The second-order valence-electron chi connectivity index (χ2n) is 0. The van der Waals surface area contributed by atoms with Crippen LogP contribution in [0.4, 0.5) is 0 Å². The van der Waals surface area contributed by atoms with Gasteiger partial charge in [-0.05, 0) is 0 Å². The summed E-state index contributed by atoms with van der Waals surface area (Å²) in [6.45, 7) is 0. The minimum absolute atomic E-state index is 0. The zero-order chi connectivity index (χ0) is 0. The van der Waals surface area contributed by atoms with Gasteiger partial charge in [0, 0.05) is 0 Å². The Hall–Kier alpha value is 1.40. The summed E-state index contributed by atoms with van der Waals surface area (Å²) in [5.74, 6) is 0. The van der Waals surface area contributed by atoms with Crippen molar-refractivity contribution in [3.8, 4) is 0 Å². The van der Waals surface area contributed by atoms with Gasteiger partial charge < -0.3 is 12.3 Å². The Morgan fingerprint density at radius 3 is 0.750 bits per heavy atom. The van der Waals surface area contributed by atoms with Gasteiger partial charge in [0.2, 0.25) is 0 Å². The molecule has 0 radical (unpaired) electrons. The Bertz CT molecular complexity index is 6.00. The van der Waals surface area contributed by atoms with Gasteiger partial charge in [-0.3, -0.25) is 0 Å². The molecule has 4 heavy (non-hydrogen) atoms. The fourth-order valence-corrected chi connectivity index (χ4v) is 0. The third kappa shape index (κ3) is 9.99. The van der Waals surface area contributed by atoms with Crippen molar-refractivity contribution < 1.29 is 21.7 Å². The molecule has 0 amide bonds. The minimum Gasteiger partial charge on any atom is -3.00 e. The molecule has 0 bridgehead atoms. The van der Waals surface area contributed by atoms with E-state index in [4.69, 9.17) is 0 Å². The van der Waals surface area contributed by atoms with Crippen LogP contribution in [0.1, 0.15) is 0 Å². The molecule has 0 N–H and O–H groups in total. The van der Waals surface area contributed by atoms with Crippen molar-refractivity contribution in [1.29, 1.82) is 0 Å². The van der Waals surface area contributed by atoms with Crippen LogP contribution in [0.5, 0.6) is 0 Å². The molecule has 0 aromatic heterocycles. The van der Waals surface area contributed by atoms with Gasteiger partial charge >= 0.3 is 44.8 Å². The average molecular weight is 100 g/mol. The molecule has 0 rings (SSSR count). The second-order valence-corrected chi connectivity index (χ2v) is 0. The smallest absolute Gasteiger partial charge is 3.00 e. The number of nitrogens with zero attached hydrogens (tertiary/aromatic N) is 2. The topological polar surface area (TPSA) is 61.0 Å². The maximum atomic E-state index is 0. The van der Waals surface area contributed by atoms with Crippen LogP contribution in [0.2, 0.25) is 0 Å². The fraction of sp³-hybridized carbons (Fsp3) is 0. The predicted molar refractivity (Wildman–Crippen MR) is 12.5 cm³/mol. The zero-order valence-corrected chi connectivity index (χ0v) is 5.08. The van der Waals surface area contributed by atoms with Gasteiger partial charge in [0.1, 0.15) is 0 Å². The van der Waals surface area contributed by atoms with E-state index >= 15 is 0 Å². The summed E-state index contributed by atoms with van der Waals surface area (Å²) in [6.07, 6.45) is 0. The zero-order valence-electron chi connectivity index (χ0n) is 2.10. The molecule has 2 nitrogen and oxygen atoms in total. The molecule has 0 aromatic carbocycles. The normalized spacial score (nSPS) is 0. The molecule has 0 heterocycles.